The van der Waals surface area contributed by atoms with Gasteiger partial charge in [0.2, 0.25) is 0 Å². The van der Waals surface area contributed by atoms with Crippen LogP contribution in [-0.2, 0) is 16.1 Å². The van der Waals surface area contributed by atoms with Crippen LogP contribution in [-0.4, -0.2) is 45.9 Å². The van der Waals surface area contributed by atoms with Crippen LogP contribution in [0, 0.1) is 11.7 Å². The van der Waals surface area contributed by atoms with E-state index in [4.69, 9.17) is 21.8 Å². The summed E-state index contributed by atoms with van der Waals surface area (Å²) in [6.45, 7) is 2.64. The Bertz CT molecular complexity index is 1260. The fraction of sp³-hybridized carbons (Fsp3) is 0.207. The number of carbonyl (C=O) groups excluding carboxylic acids is 1. The van der Waals surface area contributed by atoms with Crippen molar-refractivity contribution < 1.29 is 29.0 Å². The maximum Gasteiger partial charge on any atom is 0.328 e. The molecule has 0 radical (unpaired) electrons. The van der Waals surface area contributed by atoms with Crippen LogP contribution < -0.4 is 0 Å². The van der Waals surface area contributed by atoms with Crippen LogP contribution in [0.25, 0.3) is 0 Å². The van der Waals surface area contributed by atoms with E-state index in [1.54, 1.807) is 23.9 Å². The van der Waals surface area contributed by atoms with Crippen molar-refractivity contribution >= 4 is 41.1 Å². The molecule has 3 aromatic rings. The number of hydrogen-bond acceptors (Lipinski definition) is 5. The van der Waals surface area contributed by atoms with E-state index in [0.29, 0.717) is 17.7 Å². The second-order valence-electron chi connectivity index (χ2n) is 8.60. The molecule has 0 saturated carbocycles. The first-order chi connectivity index (χ1) is 18.2. The minimum absolute atomic E-state index is 0.0189. The van der Waals surface area contributed by atoms with Crippen molar-refractivity contribution in [2.24, 2.45) is 5.92 Å². The normalized spacial score (nSPS) is 14.1. The molecule has 1 aliphatic rings. The van der Waals surface area contributed by atoms with E-state index in [9.17, 15) is 18.8 Å². The fourth-order valence-corrected chi connectivity index (χ4v) is 5.01. The Morgan fingerprint density at radius 3 is 2.05 bits per heavy atom. The van der Waals surface area contributed by atoms with Crippen LogP contribution in [0.5, 0.6) is 0 Å². The van der Waals surface area contributed by atoms with E-state index < -0.39 is 11.9 Å². The number of aliphatic carboxylic acids is 2. The van der Waals surface area contributed by atoms with Gasteiger partial charge >= 0.3 is 11.9 Å². The van der Waals surface area contributed by atoms with Crippen LogP contribution in [0.4, 0.5) is 4.39 Å². The van der Waals surface area contributed by atoms with E-state index in [-0.39, 0.29) is 17.5 Å². The van der Waals surface area contributed by atoms with Gasteiger partial charge in [-0.2, -0.15) is 0 Å². The lowest BCUT2D eigenvalue weighted by Crippen LogP contribution is -2.36. The van der Waals surface area contributed by atoms with E-state index in [1.165, 1.54) is 22.6 Å². The number of carboxylic acid groups (broad SMARTS) is 2. The van der Waals surface area contributed by atoms with Crippen molar-refractivity contribution in [3.63, 3.8) is 0 Å². The number of carbonyl (C=O) groups is 3. The standard InChI is InChI=1S/C25H23ClFNOS.C4H4O4/c26-21-7-11-23(12-8-21)30-24-4-2-1-3-20(24)17-28-15-13-19(14-16-28)25(29)18-5-9-22(27)10-6-18;5-3(6)1-2-4(7)8/h1-12,19H,13-17H2;1-2H,(H,5,6)(H,7,8)/b;2-1-. The van der Waals surface area contributed by atoms with E-state index in [0.717, 1.165) is 42.4 Å². The Morgan fingerprint density at radius 1 is 0.895 bits per heavy atom. The highest BCUT2D eigenvalue weighted by atomic mass is 35.5. The van der Waals surface area contributed by atoms with Crippen molar-refractivity contribution in [2.75, 3.05) is 13.1 Å². The molecule has 0 aliphatic carbocycles. The molecule has 0 atom stereocenters. The van der Waals surface area contributed by atoms with E-state index in [1.807, 2.05) is 24.3 Å². The SMILES string of the molecule is O=C(O)/C=C\C(=O)O.O=C(c1ccc(F)cc1)C1CCN(Cc2ccccc2Sc2ccc(Cl)cc2)CC1. The van der Waals surface area contributed by atoms with Gasteiger partial charge in [0.25, 0.3) is 0 Å². The molecule has 4 rings (SSSR count). The van der Waals surface area contributed by atoms with Crippen molar-refractivity contribution in [2.45, 2.75) is 29.2 Å². The summed E-state index contributed by atoms with van der Waals surface area (Å²) in [6.07, 6.45) is 2.79. The average Bonchev–Trinajstić information content (AvgIpc) is 2.91. The summed E-state index contributed by atoms with van der Waals surface area (Å²) in [5.74, 6) is -2.67. The number of nitrogens with zero attached hydrogens (tertiary/aromatic N) is 1. The molecule has 2 N–H and O–H groups in total. The Labute approximate surface area is 229 Å². The quantitative estimate of drug-likeness (QED) is 0.244. The van der Waals surface area contributed by atoms with Crippen LogP contribution in [0.2, 0.25) is 5.02 Å². The molecule has 0 bridgehead atoms. The lowest BCUT2D eigenvalue weighted by Gasteiger charge is -2.31. The number of benzene rings is 3. The molecule has 6 nitrogen and oxygen atoms in total. The summed E-state index contributed by atoms with van der Waals surface area (Å²) in [7, 11) is 0. The highest BCUT2D eigenvalue weighted by molar-refractivity contribution is 7.99. The smallest absolute Gasteiger partial charge is 0.328 e. The highest BCUT2D eigenvalue weighted by Gasteiger charge is 2.26. The molecule has 3 aromatic carbocycles. The minimum atomic E-state index is -1.26. The molecule has 198 valence electrons. The number of rotatable bonds is 8. The third-order valence-corrected chi connectivity index (χ3v) is 7.24. The summed E-state index contributed by atoms with van der Waals surface area (Å²) in [5, 5.41) is 16.4. The first-order valence-corrected chi connectivity index (χ1v) is 13.1. The lowest BCUT2D eigenvalue weighted by atomic mass is 9.89. The number of ketones is 1. The largest absolute Gasteiger partial charge is 0.478 e. The van der Waals surface area contributed by atoms with Gasteiger partial charge in [-0.3, -0.25) is 9.69 Å². The number of halogens is 2. The zero-order chi connectivity index (χ0) is 27.5. The number of likely N-dealkylation sites (tertiary alicyclic amines) is 1. The third-order valence-electron chi connectivity index (χ3n) is 5.86. The second-order valence-corrected chi connectivity index (χ2v) is 10.1. The Kier molecular flexibility index (Phi) is 11.1. The van der Waals surface area contributed by atoms with Crippen LogP contribution in [0.1, 0.15) is 28.8 Å². The number of piperidine rings is 1. The maximum atomic E-state index is 13.1. The molecule has 0 aromatic heterocycles. The number of Topliss-reactive ketones (excluding diaryl/α,β-unsaturated/α-hetero) is 1. The average molecular weight is 556 g/mol. The van der Waals surface area contributed by atoms with Gasteiger partial charge in [-0.1, -0.05) is 41.6 Å². The third kappa shape index (κ3) is 9.45. The molecule has 0 unspecified atom stereocenters. The number of carboxylic acids is 2. The molecule has 0 amide bonds. The van der Waals surface area contributed by atoms with Gasteiger partial charge < -0.3 is 10.2 Å². The van der Waals surface area contributed by atoms with Gasteiger partial charge in [-0.15, -0.1) is 0 Å². The molecule has 1 heterocycles. The molecule has 1 aliphatic heterocycles. The van der Waals surface area contributed by atoms with Crippen molar-refractivity contribution in [1.29, 1.82) is 0 Å². The lowest BCUT2D eigenvalue weighted by molar-refractivity contribution is -0.134. The highest BCUT2D eigenvalue weighted by Crippen LogP contribution is 2.32. The summed E-state index contributed by atoms with van der Waals surface area (Å²) in [4.78, 5) is 36.6. The minimum Gasteiger partial charge on any atom is -0.478 e. The van der Waals surface area contributed by atoms with Gasteiger partial charge in [-0.05, 0) is 86.1 Å². The van der Waals surface area contributed by atoms with Gasteiger partial charge in [0, 0.05) is 45.0 Å². The van der Waals surface area contributed by atoms with Crippen molar-refractivity contribution in [3.05, 3.63) is 107 Å². The zero-order valence-corrected chi connectivity index (χ0v) is 22.0. The van der Waals surface area contributed by atoms with Gasteiger partial charge in [0.05, 0.1) is 0 Å². The summed E-state index contributed by atoms with van der Waals surface area (Å²) >= 11 is 7.74. The van der Waals surface area contributed by atoms with Crippen LogP contribution in [0.15, 0.2) is 94.7 Å². The van der Waals surface area contributed by atoms with Crippen LogP contribution >= 0.6 is 23.4 Å². The number of hydrogen-bond donors (Lipinski definition) is 2. The first kappa shape index (κ1) is 29.1. The van der Waals surface area contributed by atoms with E-state index >= 15 is 0 Å². The topological polar surface area (TPSA) is 94.9 Å². The molecular weight excluding hydrogens is 529 g/mol. The predicted molar refractivity (Wildman–Crippen MR) is 145 cm³/mol. The maximum absolute atomic E-state index is 13.1. The fourth-order valence-electron chi connectivity index (χ4n) is 3.95. The molecule has 38 heavy (non-hydrogen) atoms. The Balaban J connectivity index is 0.000000436. The van der Waals surface area contributed by atoms with Gasteiger partial charge in [0.15, 0.2) is 5.78 Å². The van der Waals surface area contributed by atoms with Gasteiger partial charge in [0.1, 0.15) is 5.82 Å². The summed E-state index contributed by atoms with van der Waals surface area (Å²) in [5.41, 5.74) is 1.90. The molecule has 9 heteroatoms. The molecule has 1 saturated heterocycles. The zero-order valence-electron chi connectivity index (χ0n) is 20.4. The summed E-state index contributed by atoms with van der Waals surface area (Å²) in [6, 6.07) is 22.3. The Morgan fingerprint density at radius 2 is 1.47 bits per heavy atom. The Hall–Kier alpha value is -3.46. The van der Waals surface area contributed by atoms with Gasteiger partial charge in [-0.25, -0.2) is 14.0 Å². The molecular formula is C29H27ClFNO5S. The van der Waals surface area contributed by atoms with Crippen molar-refractivity contribution in [1.82, 2.24) is 4.90 Å². The second kappa shape index (κ2) is 14.5. The van der Waals surface area contributed by atoms with Crippen molar-refractivity contribution in [3.8, 4) is 0 Å². The monoisotopic (exact) mass is 555 g/mol. The first-order valence-electron chi connectivity index (χ1n) is 11.9. The van der Waals surface area contributed by atoms with Crippen LogP contribution in [0.3, 0.4) is 0 Å². The predicted octanol–water partition coefficient (Wildman–Crippen LogP) is 6.44. The van der Waals surface area contributed by atoms with E-state index in [2.05, 4.69) is 29.2 Å². The summed E-state index contributed by atoms with van der Waals surface area (Å²) < 4.78 is 13.1. The molecule has 1 fully saturated rings. The molecule has 0 spiro atoms.